The molecule has 0 saturated carbocycles. The van der Waals surface area contributed by atoms with Crippen molar-refractivity contribution in [1.82, 2.24) is 0 Å². The number of hydrogen-bond acceptors (Lipinski definition) is 1. The molecular formula is C8H11BrN2. The van der Waals surface area contributed by atoms with Gasteiger partial charge in [-0.15, -0.1) is 17.0 Å². The number of nitrogens with zero attached hydrogens (tertiary/aromatic N) is 1. The summed E-state index contributed by atoms with van der Waals surface area (Å²) in [4.78, 5) is 4.05. The van der Waals surface area contributed by atoms with E-state index in [1.165, 1.54) is 0 Å². The van der Waals surface area contributed by atoms with Crippen molar-refractivity contribution >= 4 is 28.5 Å². The second-order valence-corrected chi connectivity index (χ2v) is 2.09. The number of benzene rings is 1. The summed E-state index contributed by atoms with van der Waals surface area (Å²) in [5, 5.41) is 0. The molecule has 0 atom stereocenters. The number of rotatable bonds is 1. The van der Waals surface area contributed by atoms with Gasteiger partial charge < -0.3 is 5.73 Å². The zero-order chi connectivity index (χ0) is 7.40. The fourth-order valence-electron chi connectivity index (χ4n) is 0.706. The van der Waals surface area contributed by atoms with Crippen LogP contribution in [0.4, 0.5) is 5.69 Å². The molecule has 1 aromatic carbocycles. The Kier molecular flexibility index (Phi) is 4.54. The van der Waals surface area contributed by atoms with E-state index in [2.05, 4.69) is 4.99 Å². The minimum Gasteiger partial charge on any atom is -0.387 e. The van der Waals surface area contributed by atoms with Crippen LogP contribution >= 0.6 is 17.0 Å². The molecule has 0 unspecified atom stereocenters. The molecule has 60 valence electrons. The minimum absolute atomic E-state index is 0. The second kappa shape index (κ2) is 4.91. The molecule has 0 aliphatic heterocycles. The van der Waals surface area contributed by atoms with Crippen LogP contribution < -0.4 is 5.73 Å². The van der Waals surface area contributed by atoms with E-state index in [0.717, 1.165) is 5.69 Å². The minimum atomic E-state index is 0. The lowest BCUT2D eigenvalue weighted by atomic mass is 10.3. The monoisotopic (exact) mass is 214 g/mol. The van der Waals surface area contributed by atoms with Gasteiger partial charge in [0.25, 0.3) is 0 Å². The van der Waals surface area contributed by atoms with Crippen LogP contribution in [0.2, 0.25) is 0 Å². The van der Waals surface area contributed by atoms with Gasteiger partial charge in [-0.3, -0.25) is 0 Å². The molecule has 0 bridgehead atoms. The number of amidine groups is 1. The summed E-state index contributed by atoms with van der Waals surface area (Å²) in [5.74, 6) is 0.589. The van der Waals surface area contributed by atoms with Crippen LogP contribution in [0.15, 0.2) is 35.3 Å². The number of aliphatic imine (C=N–C) groups is 1. The highest BCUT2D eigenvalue weighted by molar-refractivity contribution is 8.93. The van der Waals surface area contributed by atoms with Crippen molar-refractivity contribution in [3.05, 3.63) is 30.3 Å². The van der Waals surface area contributed by atoms with E-state index in [1.54, 1.807) is 6.92 Å². The fraction of sp³-hybridized carbons (Fsp3) is 0.125. The molecule has 0 radical (unpaired) electrons. The topological polar surface area (TPSA) is 38.4 Å². The van der Waals surface area contributed by atoms with Gasteiger partial charge in [-0.2, -0.15) is 0 Å². The average Bonchev–Trinajstić information content (AvgIpc) is 1.88. The predicted molar refractivity (Wildman–Crippen MR) is 53.7 cm³/mol. The maximum Gasteiger partial charge on any atom is 0.0964 e. The third-order valence-corrected chi connectivity index (χ3v) is 1.06. The molecule has 1 rings (SSSR count). The Bertz CT molecular complexity index is 227. The van der Waals surface area contributed by atoms with Crippen LogP contribution in [0.3, 0.4) is 0 Å². The molecule has 1 aromatic rings. The number of hydrogen-bond donors (Lipinski definition) is 1. The lowest BCUT2D eigenvalue weighted by Gasteiger charge is -1.91. The molecule has 0 heterocycles. The van der Waals surface area contributed by atoms with Crippen molar-refractivity contribution in [2.45, 2.75) is 6.92 Å². The van der Waals surface area contributed by atoms with Crippen LogP contribution in [-0.4, -0.2) is 5.84 Å². The average molecular weight is 215 g/mol. The van der Waals surface area contributed by atoms with E-state index < -0.39 is 0 Å². The fourth-order valence-corrected chi connectivity index (χ4v) is 0.706. The van der Waals surface area contributed by atoms with E-state index in [1.807, 2.05) is 30.3 Å². The van der Waals surface area contributed by atoms with Crippen LogP contribution in [0, 0.1) is 0 Å². The van der Waals surface area contributed by atoms with Crippen molar-refractivity contribution in [3.8, 4) is 0 Å². The molecule has 0 aliphatic rings. The molecule has 0 saturated heterocycles. The summed E-state index contributed by atoms with van der Waals surface area (Å²) >= 11 is 0. The summed E-state index contributed by atoms with van der Waals surface area (Å²) in [6.07, 6.45) is 0. The highest BCUT2D eigenvalue weighted by Crippen LogP contribution is 2.08. The Morgan fingerprint density at radius 1 is 1.27 bits per heavy atom. The van der Waals surface area contributed by atoms with Gasteiger partial charge in [-0.1, -0.05) is 18.2 Å². The van der Waals surface area contributed by atoms with Gasteiger partial charge in [0, 0.05) is 0 Å². The quantitative estimate of drug-likeness (QED) is 0.566. The highest BCUT2D eigenvalue weighted by Gasteiger charge is 1.83. The van der Waals surface area contributed by atoms with Gasteiger partial charge in [0.05, 0.1) is 11.5 Å². The van der Waals surface area contributed by atoms with Gasteiger partial charge in [0.15, 0.2) is 0 Å². The maximum absolute atomic E-state index is 5.37. The number of halogens is 1. The molecule has 2 N–H and O–H groups in total. The molecule has 0 aliphatic carbocycles. The zero-order valence-electron chi connectivity index (χ0n) is 6.32. The summed E-state index contributed by atoms with van der Waals surface area (Å²) < 4.78 is 0. The predicted octanol–water partition coefficient (Wildman–Crippen LogP) is 2.27. The van der Waals surface area contributed by atoms with Gasteiger partial charge in [-0.25, -0.2) is 4.99 Å². The summed E-state index contributed by atoms with van der Waals surface area (Å²) in [6, 6.07) is 9.64. The van der Waals surface area contributed by atoms with E-state index in [-0.39, 0.29) is 17.0 Å². The smallest absolute Gasteiger partial charge is 0.0964 e. The Balaban J connectivity index is 0.000001000. The molecule has 0 aromatic heterocycles. The van der Waals surface area contributed by atoms with Crippen molar-refractivity contribution in [3.63, 3.8) is 0 Å². The molecule has 0 amide bonds. The summed E-state index contributed by atoms with van der Waals surface area (Å²) in [6.45, 7) is 1.77. The van der Waals surface area contributed by atoms with E-state index in [4.69, 9.17) is 5.73 Å². The van der Waals surface area contributed by atoms with E-state index >= 15 is 0 Å². The zero-order valence-corrected chi connectivity index (χ0v) is 8.03. The van der Waals surface area contributed by atoms with Gasteiger partial charge >= 0.3 is 0 Å². The molecular weight excluding hydrogens is 204 g/mol. The van der Waals surface area contributed by atoms with Crippen LogP contribution in [0.5, 0.6) is 0 Å². The first-order valence-electron chi connectivity index (χ1n) is 3.15. The molecule has 0 fully saturated rings. The third-order valence-electron chi connectivity index (χ3n) is 1.06. The summed E-state index contributed by atoms with van der Waals surface area (Å²) in [5.41, 5.74) is 6.28. The Morgan fingerprint density at radius 3 is 2.27 bits per heavy atom. The lowest BCUT2D eigenvalue weighted by molar-refractivity contribution is 1.45. The van der Waals surface area contributed by atoms with Gasteiger partial charge in [0.2, 0.25) is 0 Å². The second-order valence-electron chi connectivity index (χ2n) is 2.09. The molecule has 11 heavy (non-hydrogen) atoms. The Labute approximate surface area is 76.9 Å². The number of nitrogens with two attached hydrogens (primary N) is 1. The van der Waals surface area contributed by atoms with Crippen molar-refractivity contribution < 1.29 is 0 Å². The van der Waals surface area contributed by atoms with Crippen LogP contribution in [0.1, 0.15) is 6.92 Å². The standard InChI is InChI=1S/C8H10N2.BrH/c1-7(9)10-8-5-3-2-4-6-8;/h2-6H,1H3,(H2,9,10);1H. The Hall–Kier alpha value is -0.830. The maximum atomic E-state index is 5.37. The van der Waals surface area contributed by atoms with E-state index in [9.17, 15) is 0 Å². The number of para-hydroxylation sites is 1. The Morgan fingerprint density at radius 2 is 1.82 bits per heavy atom. The SMILES string of the molecule is Br.CC(N)=Nc1ccccc1. The van der Waals surface area contributed by atoms with E-state index in [0.29, 0.717) is 5.84 Å². The van der Waals surface area contributed by atoms with Crippen molar-refractivity contribution in [2.24, 2.45) is 10.7 Å². The highest BCUT2D eigenvalue weighted by atomic mass is 79.9. The first-order valence-corrected chi connectivity index (χ1v) is 3.15. The third kappa shape index (κ3) is 3.78. The normalized spacial score (nSPS) is 10.5. The lowest BCUT2D eigenvalue weighted by Crippen LogP contribution is -2.03. The molecule has 0 spiro atoms. The molecule has 2 nitrogen and oxygen atoms in total. The first-order chi connectivity index (χ1) is 4.79. The van der Waals surface area contributed by atoms with Gasteiger partial charge in [-0.05, 0) is 19.1 Å². The largest absolute Gasteiger partial charge is 0.387 e. The van der Waals surface area contributed by atoms with Crippen molar-refractivity contribution in [2.75, 3.05) is 0 Å². The van der Waals surface area contributed by atoms with Crippen LogP contribution in [0.25, 0.3) is 0 Å². The molecule has 3 heteroatoms. The van der Waals surface area contributed by atoms with Crippen molar-refractivity contribution in [1.29, 1.82) is 0 Å². The van der Waals surface area contributed by atoms with Gasteiger partial charge in [0.1, 0.15) is 0 Å². The van der Waals surface area contributed by atoms with Crippen LogP contribution in [-0.2, 0) is 0 Å². The summed E-state index contributed by atoms with van der Waals surface area (Å²) in [7, 11) is 0. The first kappa shape index (κ1) is 10.2.